The molecule has 0 fully saturated rings. The van der Waals surface area contributed by atoms with Gasteiger partial charge in [0.25, 0.3) is 0 Å². The molecular weight excluding hydrogens is 170 g/mol. The van der Waals surface area contributed by atoms with Gasteiger partial charge in [-0.15, -0.1) is 5.10 Å². The highest BCUT2D eigenvalue weighted by atomic mass is 16.5. The van der Waals surface area contributed by atoms with Gasteiger partial charge in [0.05, 0.1) is 0 Å². The molecule has 1 aromatic rings. The van der Waals surface area contributed by atoms with Crippen molar-refractivity contribution in [3.63, 3.8) is 0 Å². The summed E-state index contributed by atoms with van der Waals surface area (Å²) >= 11 is 0. The van der Waals surface area contributed by atoms with Crippen LogP contribution in [0, 0.1) is 0 Å². The first-order valence-electron chi connectivity index (χ1n) is 4.11. The second kappa shape index (κ2) is 3.74. The van der Waals surface area contributed by atoms with E-state index in [0.29, 0.717) is 18.5 Å². The van der Waals surface area contributed by atoms with Crippen molar-refractivity contribution in [1.82, 2.24) is 10.2 Å². The van der Waals surface area contributed by atoms with Gasteiger partial charge < -0.3 is 14.5 Å². The summed E-state index contributed by atoms with van der Waals surface area (Å²) in [5.74, 6) is 0.481. The quantitative estimate of drug-likeness (QED) is 0.771. The van der Waals surface area contributed by atoms with Gasteiger partial charge in [-0.25, -0.2) is 0 Å². The number of rotatable bonds is 3. The highest BCUT2D eigenvalue weighted by Crippen LogP contribution is 2.12. The van der Waals surface area contributed by atoms with Crippen molar-refractivity contribution >= 4 is 6.01 Å². The van der Waals surface area contributed by atoms with Crippen LogP contribution in [0.15, 0.2) is 4.42 Å². The number of methoxy groups -OCH3 is 1. The lowest BCUT2D eigenvalue weighted by molar-refractivity contribution is 0.160. The van der Waals surface area contributed by atoms with E-state index in [-0.39, 0.29) is 5.54 Å². The Morgan fingerprint density at radius 1 is 1.38 bits per heavy atom. The fourth-order valence-corrected chi connectivity index (χ4v) is 0.807. The maximum Gasteiger partial charge on any atom is 0.315 e. The van der Waals surface area contributed by atoms with Gasteiger partial charge in [0, 0.05) is 12.6 Å². The Morgan fingerprint density at radius 2 is 2.08 bits per heavy atom. The lowest BCUT2D eigenvalue weighted by atomic mass is 10.1. The van der Waals surface area contributed by atoms with Crippen LogP contribution in [0.2, 0.25) is 0 Å². The minimum absolute atomic E-state index is 0.0725. The van der Waals surface area contributed by atoms with Crippen molar-refractivity contribution < 1.29 is 9.15 Å². The molecule has 0 amide bonds. The third-order valence-corrected chi connectivity index (χ3v) is 1.22. The average molecular weight is 185 g/mol. The molecule has 0 unspecified atom stereocenters. The molecule has 1 N–H and O–H groups in total. The van der Waals surface area contributed by atoms with E-state index in [0.717, 1.165) is 0 Å². The summed E-state index contributed by atoms with van der Waals surface area (Å²) in [6, 6.07) is 0.430. The van der Waals surface area contributed by atoms with Crippen LogP contribution >= 0.6 is 0 Å². The molecule has 0 aliphatic carbocycles. The van der Waals surface area contributed by atoms with Crippen LogP contribution < -0.4 is 5.32 Å². The van der Waals surface area contributed by atoms with Crippen molar-refractivity contribution in [2.24, 2.45) is 0 Å². The summed E-state index contributed by atoms with van der Waals surface area (Å²) < 4.78 is 10.1. The van der Waals surface area contributed by atoms with Gasteiger partial charge in [0.15, 0.2) is 0 Å². The molecule has 0 aliphatic heterocycles. The monoisotopic (exact) mass is 185 g/mol. The molecule has 5 heteroatoms. The van der Waals surface area contributed by atoms with Crippen LogP contribution in [-0.4, -0.2) is 22.8 Å². The van der Waals surface area contributed by atoms with Crippen molar-refractivity contribution in [1.29, 1.82) is 0 Å². The molecule has 0 bridgehead atoms. The van der Waals surface area contributed by atoms with E-state index in [1.807, 2.05) is 20.8 Å². The Labute approximate surface area is 77.5 Å². The number of nitrogens with one attached hydrogen (secondary N) is 1. The molecule has 0 spiro atoms. The van der Waals surface area contributed by atoms with Crippen LogP contribution in [0.25, 0.3) is 0 Å². The first-order valence-corrected chi connectivity index (χ1v) is 4.11. The van der Waals surface area contributed by atoms with Gasteiger partial charge in [-0.05, 0) is 20.8 Å². The molecule has 1 rings (SSSR count). The van der Waals surface area contributed by atoms with Gasteiger partial charge in [-0.2, -0.15) is 0 Å². The summed E-state index contributed by atoms with van der Waals surface area (Å²) in [4.78, 5) is 0. The van der Waals surface area contributed by atoms with E-state index in [9.17, 15) is 0 Å². The van der Waals surface area contributed by atoms with Gasteiger partial charge in [-0.3, -0.25) is 0 Å². The van der Waals surface area contributed by atoms with Crippen LogP contribution in [0.1, 0.15) is 26.7 Å². The minimum atomic E-state index is -0.0725. The first-order chi connectivity index (χ1) is 6.01. The van der Waals surface area contributed by atoms with E-state index < -0.39 is 0 Å². The molecule has 1 heterocycles. The zero-order chi connectivity index (χ0) is 9.90. The van der Waals surface area contributed by atoms with E-state index in [4.69, 9.17) is 9.15 Å². The Kier molecular flexibility index (Phi) is 2.87. The molecule has 5 nitrogen and oxygen atoms in total. The van der Waals surface area contributed by atoms with Crippen molar-refractivity contribution in [2.75, 3.05) is 12.4 Å². The number of ether oxygens (including phenoxy) is 1. The standard InChI is InChI=1S/C8H15N3O2/c1-8(2,3)9-7-11-10-6(13-7)5-12-4/h5H2,1-4H3,(H,9,11). The minimum Gasteiger partial charge on any atom is -0.406 e. The SMILES string of the molecule is COCc1nnc(NC(C)(C)C)o1. The fourth-order valence-electron chi connectivity index (χ4n) is 0.807. The molecular formula is C8H15N3O2. The molecule has 1 aromatic heterocycles. The maximum atomic E-state index is 5.24. The Morgan fingerprint density at radius 3 is 2.62 bits per heavy atom. The number of hydrogen-bond acceptors (Lipinski definition) is 5. The van der Waals surface area contributed by atoms with E-state index in [1.54, 1.807) is 7.11 Å². The van der Waals surface area contributed by atoms with Gasteiger partial charge in [0.1, 0.15) is 6.61 Å². The lowest BCUT2D eigenvalue weighted by Gasteiger charge is -2.17. The molecule has 0 aliphatic rings. The zero-order valence-corrected chi connectivity index (χ0v) is 8.42. The third-order valence-electron chi connectivity index (χ3n) is 1.22. The molecule has 0 saturated heterocycles. The molecule has 0 atom stereocenters. The molecule has 0 radical (unpaired) electrons. The van der Waals surface area contributed by atoms with Gasteiger partial charge in [-0.1, -0.05) is 5.10 Å². The smallest absolute Gasteiger partial charge is 0.315 e. The lowest BCUT2D eigenvalue weighted by Crippen LogP contribution is -2.26. The molecule has 74 valence electrons. The highest BCUT2D eigenvalue weighted by Gasteiger charge is 2.13. The summed E-state index contributed by atoms with van der Waals surface area (Å²) in [6.07, 6.45) is 0. The Hall–Kier alpha value is -1.10. The predicted molar refractivity (Wildman–Crippen MR) is 48.4 cm³/mol. The summed E-state index contributed by atoms with van der Waals surface area (Å²) in [6.45, 7) is 6.41. The number of hydrogen-bond donors (Lipinski definition) is 1. The average Bonchev–Trinajstić information content (AvgIpc) is 2.33. The van der Waals surface area contributed by atoms with E-state index >= 15 is 0 Å². The number of anilines is 1. The van der Waals surface area contributed by atoms with Crippen molar-refractivity contribution in [2.45, 2.75) is 32.9 Å². The fraction of sp³-hybridized carbons (Fsp3) is 0.750. The Bertz CT molecular complexity index is 265. The second-order valence-corrected chi connectivity index (χ2v) is 3.81. The van der Waals surface area contributed by atoms with Crippen LogP contribution in [0.5, 0.6) is 0 Å². The van der Waals surface area contributed by atoms with Crippen LogP contribution in [0.4, 0.5) is 6.01 Å². The largest absolute Gasteiger partial charge is 0.406 e. The molecule has 0 aromatic carbocycles. The summed E-state index contributed by atoms with van der Waals surface area (Å²) in [5, 5.41) is 10.7. The highest BCUT2D eigenvalue weighted by molar-refractivity contribution is 5.21. The van der Waals surface area contributed by atoms with Gasteiger partial charge >= 0.3 is 6.01 Å². The number of aromatic nitrogens is 2. The van der Waals surface area contributed by atoms with Crippen LogP contribution in [-0.2, 0) is 11.3 Å². The number of nitrogens with zero attached hydrogens (tertiary/aromatic N) is 2. The van der Waals surface area contributed by atoms with Crippen LogP contribution in [0.3, 0.4) is 0 Å². The zero-order valence-electron chi connectivity index (χ0n) is 8.42. The maximum absolute atomic E-state index is 5.24. The van der Waals surface area contributed by atoms with Crippen molar-refractivity contribution in [3.05, 3.63) is 5.89 Å². The summed E-state index contributed by atoms with van der Waals surface area (Å²) in [5.41, 5.74) is -0.0725. The predicted octanol–water partition coefficient (Wildman–Crippen LogP) is 1.43. The Balaban J connectivity index is 2.59. The van der Waals surface area contributed by atoms with Gasteiger partial charge in [0.2, 0.25) is 5.89 Å². The van der Waals surface area contributed by atoms with Crippen molar-refractivity contribution in [3.8, 4) is 0 Å². The molecule has 0 saturated carbocycles. The first kappa shape index (κ1) is 9.98. The van der Waals surface area contributed by atoms with E-state index in [1.165, 1.54) is 0 Å². The van der Waals surface area contributed by atoms with E-state index in [2.05, 4.69) is 15.5 Å². The molecule has 13 heavy (non-hydrogen) atoms. The second-order valence-electron chi connectivity index (χ2n) is 3.81. The third kappa shape index (κ3) is 3.42. The summed E-state index contributed by atoms with van der Waals surface area (Å²) in [7, 11) is 1.58. The topological polar surface area (TPSA) is 60.2 Å². The normalized spacial score (nSPS) is 11.7.